The van der Waals surface area contributed by atoms with Crippen LogP contribution in [0.15, 0.2) is 84.9 Å². The lowest BCUT2D eigenvalue weighted by Crippen LogP contribution is -2.25. The first-order valence-corrected chi connectivity index (χ1v) is 9.20. The molecule has 5 nitrogen and oxygen atoms in total. The van der Waals surface area contributed by atoms with Crippen LogP contribution >= 0.6 is 0 Å². The van der Waals surface area contributed by atoms with Crippen LogP contribution in [0.2, 0.25) is 0 Å². The number of benzene rings is 3. The van der Waals surface area contributed by atoms with E-state index < -0.39 is 23.8 Å². The molecule has 152 valence electrons. The number of para-hydroxylation sites is 1. The smallest absolute Gasteiger partial charge is 0.331 e. The number of carbonyl (C=O) groups is 2. The number of methoxy groups -OCH3 is 1. The minimum atomic E-state index is -1.17. The van der Waals surface area contributed by atoms with Crippen LogP contribution in [0, 0.1) is 5.82 Å². The Bertz CT molecular complexity index is 1030. The van der Waals surface area contributed by atoms with E-state index in [2.05, 4.69) is 5.32 Å². The summed E-state index contributed by atoms with van der Waals surface area (Å²) in [5.74, 6) is -1.05. The highest BCUT2D eigenvalue weighted by atomic mass is 19.1. The fraction of sp³-hybridized carbons (Fsp3) is 0.0833. The van der Waals surface area contributed by atoms with Crippen LogP contribution in [0.25, 0.3) is 6.08 Å². The summed E-state index contributed by atoms with van der Waals surface area (Å²) in [6.45, 7) is 0. The third-order valence-electron chi connectivity index (χ3n) is 4.22. The van der Waals surface area contributed by atoms with Gasteiger partial charge in [0.1, 0.15) is 11.6 Å². The van der Waals surface area contributed by atoms with Gasteiger partial charge in [-0.2, -0.15) is 0 Å². The summed E-state index contributed by atoms with van der Waals surface area (Å²) in [4.78, 5) is 25.2. The van der Waals surface area contributed by atoms with Gasteiger partial charge in [0.05, 0.1) is 7.11 Å². The number of anilines is 1. The molecule has 1 N–H and O–H groups in total. The summed E-state index contributed by atoms with van der Waals surface area (Å²) in [7, 11) is 1.54. The lowest BCUT2D eigenvalue weighted by atomic mass is 10.1. The zero-order valence-electron chi connectivity index (χ0n) is 16.2. The maximum Gasteiger partial charge on any atom is 0.331 e. The molecule has 6 heteroatoms. The van der Waals surface area contributed by atoms with E-state index in [1.54, 1.807) is 48.5 Å². The molecule has 1 atom stereocenters. The van der Waals surface area contributed by atoms with Gasteiger partial charge in [-0.1, -0.05) is 48.5 Å². The van der Waals surface area contributed by atoms with E-state index in [1.807, 2.05) is 12.1 Å². The zero-order valence-corrected chi connectivity index (χ0v) is 16.2. The van der Waals surface area contributed by atoms with E-state index in [1.165, 1.54) is 37.5 Å². The average Bonchev–Trinajstić information content (AvgIpc) is 2.78. The van der Waals surface area contributed by atoms with Gasteiger partial charge in [0.2, 0.25) is 6.10 Å². The summed E-state index contributed by atoms with van der Waals surface area (Å²) in [5.41, 5.74) is 1.60. The van der Waals surface area contributed by atoms with Gasteiger partial charge in [0.15, 0.2) is 0 Å². The molecule has 0 spiro atoms. The first-order chi connectivity index (χ1) is 14.6. The summed E-state index contributed by atoms with van der Waals surface area (Å²) in [6, 6.07) is 21.2. The van der Waals surface area contributed by atoms with Crippen molar-refractivity contribution in [1.29, 1.82) is 0 Å². The minimum absolute atomic E-state index is 0.392. The van der Waals surface area contributed by atoms with Crippen LogP contribution in [-0.4, -0.2) is 19.0 Å². The Hall–Kier alpha value is -3.93. The molecule has 0 fully saturated rings. The molecule has 30 heavy (non-hydrogen) atoms. The quantitative estimate of drug-likeness (QED) is 0.454. The van der Waals surface area contributed by atoms with Gasteiger partial charge in [-0.15, -0.1) is 0 Å². The van der Waals surface area contributed by atoms with Crippen molar-refractivity contribution in [2.75, 3.05) is 12.4 Å². The third-order valence-corrected chi connectivity index (χ3v) is 4.22. The first-order valence-electron chi connectivity index (χ1n) is 9.20. The van der Waals surface area contributed by atoms with Crippen molar-refractivity contribution in [3.63, 3.8) is 0 Å². The van der Waals surface area contributed by atoms with Gasteiger partial charge in [0.25, 0.3) is 5.91 Å². The summed E-state index contributed by atoms with van der Waals surface area (Å²) < 4.78 is 23.8. The van der Waals surface area contributed by atoms with Crippen molar-refractivity contribution in [3.8, 4) is 5.75 Å². The molecule has 3 rings (SSSR count). The van der Waals surface area contributed by atoms with Gasteiger partial charge in [-0.3, -0.25) is 4.79 Å². The van der Waals surface area contributed by atoms with Crippen LogP contribution in [-0.2, 0) is 14.3 Å². The number of hydrogen-bond donors (Lipinski definition) is 1. The Morgan fingerprint density at radius 3 is 2.30 bits per heavy atom. The summed E-state index contributed by atoms with van der Waals surface area (Å²) in [5, 5.41) is 2.64. The van der Waals surface area contributed by atoms with Gasteiger partial charge in [-0.25, -0.2) is 9.18 Å². The van der Waals surface area contributed by atoms with Crippen LogP contribution in [0.3, 0.4) is 0 Å². The standard InChI is InChI=1S/C24H20FNO4/c1-29-21-10-6-5-7-17(21)11-16-22(27)30-23(18-8-3-2-4-9-18)24(28)26-20-14-12-19(25)13-15-20/h2-16,23H,1H3,(H,26,28)/b16-11+/t23-/m1/s1. The SMILES string of the molecule is COc1ccccc1/C=C/C(=O)O[C@@H](C(=O)Nc1ccc(F)cc1)c1ccccc1. The normalized spacial score (nSPS) is 11.7. The Morgan fingerprint density at radius 2 is 1.60 bits per heavy atom. The Balaban J connectivity index is 1.77. The zero-order chi connectivity index (χ0) is 21.3. The molecule has 3 aromatic rings. The molecule has 0 radical (unpaired) electrons. The second-order valence-corrected chi connectivity index (χ2v) is 6.30. The molecule has 1 amide bonds. The van der Waals surface area contributed by atoms with Gasteiger partial charge < -0.3 is 14.8 Å². The third kappa shape index (κ3) is 5.54. The number of esters is 1. The average molecular weight is 405 g/mol. The predicted octanol–water partition coefficient (Wildman–Crippen LogP) is 4.77. The number of hydrogen-bond acceptors (Lipinski definition) is 4. The largest absolute Gasteiger partial charge is 0.496 e. The second-order valence-electron chi connectivity index (χ2n) is 6.30. The molecule has 0 unspecified atom stereocenters. The van der Waals surface area contributed by atoms with Gasteiger partial charge in [-0.05, 0) is 36.4 Å². The summed E-state index contributed by atoms with van der Waals surface area (Å²) in [6.07, 6.45) is 1.62. The maximum atomic E-state index is 13.1. The molecule has 0 heterocycles. The topological polar surface area (TPSA) is 64.6 Å². The lowest BCUT2D eigenvalue weighted by Gasteiger charge is -2.17. The van der Waals surface area contributed by atoms with Crippen LogP contribution in [0.4, 0.5) is 10.1 Å². The van der Waals surface area contributed by atoms with Gasteiger partial charge in [0, 0.05) is 22.9 Å². The Morgan fingerprint density at radius 1 is 0.933 bits per heavy atom. The number of rotatable bonds is 7. The van der Waals surface area contributed by atoms with E-state index in [0.29, 0.717) is 22.6 Å². The lowest BCUT2D eigenvalue weighted by molar-refractivity contribution is -0.149. The molecular weight excluding hydrogens is 385 g/mol. The Labute approximate surface area is 173 Å². The van der Waals surface area contributed by atoms with Crippen LogP contribution < -0.4 is 10.1 Å². The van der Waals surface area contributed by atoms with Crippen LogP contribution in [0.1, 0.15) is 17.2 Å². The number of amides is 1. The van der Waals surface area contributed by atoms with Crippen molar-refractivity contribution < 1.29 is 23.5 Å². The number of halogens is 1. The van der Waals surface area contributed by atoms with Crippen molar-refractivity contribution in [2.24, 2.45) is 0 Å². The molecule has 0 saturated heterocycles. The number of carbonyl (C=O) groups excluding carboxylic acids is 2. The molecular formula is C24H20FNO4. The predicted molar refractivity (Wildman–Crippen MR) is 112 cm³/mol. The first kappa shape index (κ1) is 20.8. The van der Waals surface area contributed by atoms with Gasteiger partial charge >= 0.3 is 5.97 Å². The fourth-order valence-corrected chi connectivity index (χ4v) is 2.76. The molecule has 0 bridgehead atoms. The molecule has 0 aliphatic rings. The number of ether oxygens (including phenoxy) is 2. The highest BCUT2D eigenvalue weighted by molar-refractivity contribution is 5.97. The van der Waals surface area contributed by atoms with Crippen molar-refractivity contribution >= 4 is 23.6 Å². The van der Waals surface area contributed by atoms with Crippen molar-refractivity contribution in [1.82, 2.24) is 0 Å². The molecule has 0 aliphatic heterocycles. The minimum Gasteiger partial charge on any atom is -0.496 e. The summed E-state index contributed by atoms with van der Waals surface area (Å²) >= 11 is 0. The van der Waals surface area contributed by atoms with E-state index >= 15 is 0 Å². The van der Waals surface area contributed by atoms with E-state index in [0.717, 1.165) is 0 Å². The fourth-order valence-electron chi connectivity index (χ4n) is 2.76. The molecule has 0 aliphatic carbocycles. The molecule has 3 aromatic carbocycles. The highest BCUT2D eigenvalue weighted by Crippen LogP contribution is 2.22. The second kappa shape index (κ2) is 10.0. The maximum absolute atomic E-state index is 13.1. The monoisotopic (exact) mass is 405 g/mol. The Kier molecular flexibility index (Phi) is 6.95. The molecule has 0 saturated carbocycles. The van der Waals surface area contributed by atoms with E-state index in [9.17, 15) is 14.0 Å². The molecule has 0 aromatic heterocycles. The van der Waals surface area contributed by atoms with Crippen LogP contribution in [0.5, 0.6) is 5.75 Å². The van der Waals surface area contributed by atoms with Crippen molar-refractivity contribution in [3.05, 3.63) is 102 Å². The van der Waals surface area contributed by atoms with Crippen molar-refractivity contribution in [2.45, 2.75) is 6.10 Å². The van der Waals surface area contributed by atoms with E-state index in [4.69, 9.17) is 9.47 Å². The number of nitrogens with one attached hydrogen (secondary N) is 1. The highest BCUT2D eigenvalue weighted by Gasteiger charge is 2.24. The van der Waals surface area contributed by atoms with E-state index in [-0.39, 0.29) is 0 Å².